The summed E-state index contributed by atoms with van der Waals surface area (Å²) in [6.07, 6.45) is 1.25. The number of ether oxygens (including phenoxy) is 1. The van der Waals surface area contributed by atoms with E-state index in [1.54, 1.807) is 24.3 Å². The van der Waals surface area contributed by atoms with Crippen LogP contribution >= 0.6 is 11.6 Å². The number of nitrogens with zero attached hydrogens (tertiary/aromatic N) is 1. The van der Waals surface area contributed by atoms with Crippen molar-refractivity contribution in [2.45, 2.75) is 18.9 Å². The summed E-state index contributed by atoms with van der Waals surface area (Å²) in [5, 5.41) is 3.40. The first kappa shape index (κ1) is 16.3. The SMILES string of the molecule is COC(=O)[C@H]1CCc2ccccc2N1C(=O)Nc1ccc(Cl)cc1. The van der Waals surface area contributed by atoms with Gasteiger partial charge in [-0.3, -0.25) is 4.90 Å². The zero-order chi connectivity index (χ0) is 17.1. The van der Waals surface area contributed by atoms with Gasteiger partial charge in [-0.25, -0.2) is 9.59 Å². The largest absolute Gasteiger partial charge is 0.467 e. The first-order valence-electron chi connectivity index (χ1n) is 7.61. The Kier molecular flexibility index (Phi) is 4.71. The second-order valence-corrected chi connectivity index (χ2v) is 5.95. The Hall–Kier alpha value is -2.53. The average Bonchev–Trinajstić information content (AvgIpc) is 2.61. The van der Waals surface area contributed by atoms with E-state index in [-0.39, 0.29) is 6.03 Å². The maximum absolute atomic E-state index is 12.8. The minimum Gasteiger partial charge on any atom is -0.467 e. The number of amides is 2. The van der Waals surface area contributed by atoms with Crippen molar-refractivity contribution >= 4 is 35.0 Å². The number of fused-ring (bicyclic) bond motifs is 1. The van der Waals surface area contributed by atoms with Gasteiger partial charge in [0.2, 0.25) is 0 Å². The summed E-state index contributed by atoms with van der Waals surface area (Å²) < 4.78 is 4.87. The lowest BCUT2D eigenvalue weighted by molar-refractivity contribution is -0.142. The van der Waals surface area contributed by atoms with Crippen LogP contribution < -0.4 is 10.2 Å². The molecule has 0 fully saturated rings. The second-order valence-electron chi connectivity index (χ2n) is 5.51. The molecule has 0 aromatic heterocycles. The Morgan fingerprint density at radius 2 is 1.88 bits per heavy atom. The molecule has 0 aliphatic carbocycles. The lowest BCUT2D eigenvalue weighted by Crippen LogP contribution is -2.50. The van der Waals surface area contributed by atoms with Gasteiger partial charge in [0.15, 0.2) is 0 Å². The predicted molar refractivity (Wildman–Crippen MR) is 93.5 cm³/mol. The topological polar surface area (TPSA) is 58.6 Å². The van der Waals surface area contributed by atoms with Crippen molar-refractivity contribution in [3.63, 3.8) is 0 Å². The van der Waals surface area contributed by atoms with Crippen molar-refractivity contribution in [2.75, 3.05) is 17.3 Å². The maximum atomic E-state index is 12.8. The van der Waals surface area contributed by atoms with Gasteiger partial charge in [-0.2, -0.15) is 0 Å². The highest BCUT2D eigenvalue weighted by atomic mass is 35.5. The Balaban J connectivity index is 1.92. The first-order chi connectivity index (χ1) is 11.6. The van der Waals surface area contributed by atoms with Crippen LogP contribution in [0.15, 0.2) is 48.5 Å². The molecule has 2 aromatic rings. The molecule has 1 N–H and O–H groups in total. The molecule has 6 heteroatoms. The fraction of sp³-hybridized carbons (Fsp3) is 0.222. The zero-order valence-electron chi connectivity index (χ0n) is 13.2. The number of methoxy groups -OCH3 is 1. The Morgan fingerprint density at radius 1 is 1.17 bits per heavy atom. The number of anilines is 2. The van der Waals surface area contributed by atoms with Crippen molar-refractivity contribution in [3.8, 4) is 0 Å². The lowest BCUT2D eigenvalue weighted by atomic mass is 9.96. The molecule has 1 atom stereocenters. The zero-order valence-corrected chi connectivity index (χ0v) is 13.9. The third-order valence-corrected chi connectivity index (χ3v) is 4.29. The van der Waals surface area contributed by atoms with Crippen molar-refractivity contribution in [1.82, 2.24) is 0 Å². The number of esters is 1. The fourth-order valence-corrected chi connectivity index (χ4v) is 3.00. The van der Waals surface area contributed by atoms with Gasteiger partial charge in [-0.15, -0.1) is 0 Å². The van der Waals surface area contributed by atoms with Crippen molar-refractivity contribution < 1.29 is 14.3 Å². The number of para-hydroxylation sites is 1. The van der Waals surface area contributed by atoms with Gasteiger partial charge in [0.05, 0.1) is 7.11 Å². The van der Waals surface area contributed by atoms with Crippen LogP contribution in [0.25, 0.3) is 0 Å². The smallest absolute Gasteiger partial charge is 0.329 e. The van der Waals surface area contributed by atoms with E-state index in [1.165, 1.54) is 12.0 Å². The maximum Gasteiger partial charge on any atom is 0.329 e. The number of carbonyl (C=O) groups excluding carboxylic acids is 2. The number of benzene rings is 2. The van der Waals surface area contributed by atoms with Gasteiger partial charge in [-0.1, -0.05) is 29.8 Å². The van der Waals surface area contributed by atoms with Gasteiger partial charge in [0.25, 0.3) is 0 Å². The Morgan fingerprint density at radius 3 is 2.58 bits per heavy atom. The molecular formula is C18H17ClN2O3. The summed E-state index contributed by atoms with van der Waals surface area (Å²) in [4.78, 5) is 26.4. The molecule has 2 aromatic carbocycles. The van der Waals surface area contributed by atoms with Crippen LogP contribution in [0.3, 0.4) is 0 Å². The van der Waals surface area contributed by atoms with E-state index >= 15 is 0 Å². The van der Waals surface area contributed by atoms with Crippen LogP contribution in [0.4, 0.5) is 16.2 Å². The minimum absolute atomic E-state index is 0.375. The second kappa shape index (κ2) is 6.93. The molecule has 0 radical (unpaired) electrons. The summed E-state index contributed by atoms with van der Waals surface area (Å²) in [7, 11) is 1.33. The van der Waals surface area contributed by atoms with Crippen LogP contribution in [0, 0.1) is 0 Å². The highest BCUT2D eigenvalue weighted by Gasteiger charge is 2.36. The van der Waals surface area contributed by atoms with Gasteiger partial charge in [0, 0.05) is 16.4 Å². The number of nitrogens with one attached hydrogen (secondary N) is 1. The molecular weight excluding hydrogens is 328 g/mol. The van der Waals surface area contributed by atoms with E-state index in [0.29, 0.717) is 17.1 Å². The summed E-state index contributed by atoms with van der Waals surface area (Å²) in [6.45, 7) is 0. The quantitative estimate of drug-likeness (QED) is 0.841. The highest BCUT2D eigenvalue weighted by molar-refractivity contribution is 6.30. The molecule has 1 aliphatic rings. The number of carbonyl (C=O) groups is 2. The molecule has 5 nitrogen and oxygen atoms in total. The third kappa shape index (κ3) is 3.21. The van der Waals surface area contributed by atoms with Crippen molar-refractivity contribution in [3.05, 3.63) is 59.1 Å². The molecule has 1 heterocycles. The van der Waals surface area contributed by atoms with Crippen LogP contribution in [0.2, 0.25) is 5.02 Å². The Bertz CT molecular complexity index is 761. The highest BCUT2D eigenvalue weighted by Crippen LogP contribution is 2.31. The third-order valence-electron chi connectivity index (χ3n) is 4.04. The molecule has 0 unspecified atom stereocenters. The average molecular weight is 345 g/mol. The monoisotopic (exact) mass is 344 g/mol. The molecule has 0 spiro atoms. The van der Waals surface area contributed by atoms with Gasteiger partial charge in [0.1, 0.15) is 6.04 Å². The molecule has 0 saturated heterocycles. The standard InChI is InChI=1S/C18H17ClN2O3/c1-24-17(22)16-11-6-12-4-2-3-5-15(12)21(16)18(23)20-14-9-7-13(19)8-10-14/h2-5,7-10,16H,6,11H2,1H3,(H,20,23)/t16-/m1/s1. The Labute approximate surface area is 145 Å². The lowest BCUT2D eigenvalue weighted by Gasteiger charge is -2.35. The molecule has 1 aliphatic heterocycles. The van der Waals surface area contributed by atoms with E-state index in [2.05, 4.69) is 5.32 Å². The van der Waals surface area contributed by atoms with Gasteiger partial charge in [-0.05, 0) is 48.7 Å². The van der Waals surface area contributed by atoms with Gasteiger partial charge < -0.3 is 10.1 Å². The molecule has 124 valence electrons. The number of halogens is 1. The predicted octanol–water partition coefficient (Wildman–Crippen LogP) is 3.87. The van der Waals surface area contributed by atoms with Crippen LogP contribution in [0.1, 0.15) is 12.0 Å². The summed E-state index contributed by atoms with van der Waals surface area (Å²) >= 11 is 5.86. The van der Waals surface area contributed by atoms with E-state index < -0.39 is 12.0 Å². The first-order valence-corrected chi connectivity index (χ1v) is 7.99. The summed E-state index contributed by atoms with van der Waals surface area (Å²) in [5.41, 5.74) is 2.37. The number of hydrogen-bond donors (Lipinski definition) is 1. The van der Waals surface area contributed by atoms with Crippen molar-refractivity contribution in [2.24, 2.45) is 0 Å². The summed E-state index contributed by atoms with van der Waals surface area (Å²) in [6, 6.07) is 13.4. The molecule has 3 rings (SSSR count). The van der Waals surface area contributed by atoms with Crippen LogP contribution in [0.5, 0.6) is 0 Å². The minimum atomic E-state index is -0.641. The van der Waals surface area contributed by atoms with E-state index in [0.717, 1.165) is 17.7 Å². The van der Waals surface area contributed by atoms with Crippen molar-refractivity contribution in [1.29, 1.82) is 0 Å². The molecule has 0 saturated carbocycles. The van der Waals surface area contributed by atoms with Gasteiger partial charge >= 0.3 is 12.0 Å². The van der Waals surface area contributed by atoms with E-state index in [9.17, 15) is 9.59 Å². The number of aryl methyl sites for hydroxylation is 1. The summed E-state index contributed by atoms with van der Waals surface area (Å²) in [5.74, 6) is -0.421. The number of rotatable bonds is 2. The van der Waals surface area contributed by atoms with Crippen LogP contribution in [-0.4, -0.2) is 25.2 Å². The van der Waals surface area contributed by atoms with E-state index in [4.69, 9.17) is 16.3 Å². The number of urea groups is 1. The molecule has 24 heavy (non-hydrogen) atoms. The molecule has 2 amide bonds. The van der Waals surface area contributed by atoms with E-state index in [1.807, 2.05) is 24.3 Å². The number of hydrogen-bond acceptors (Lipinski definition) is 3. The fourth-order valence-electron chi connectivity index (χ4n) is 2.87. The molecule has 0 bridgehead atoms. The normalized spacial score (nSPS) is 16.2. The van der Waals surface area contributed by atoms with Crippen LogP contribution in [-0.2, 0) is 16.0 Å².